The molecule has 2 bridgehead atoms. The van der Waals surface area contributed by atoms with Crippen molar-refractivity contribution in [3.8, 4) is 0 Å². The van der Waals surface area contributed by atoms with Gasteiger partial charge in [0.25, 0.3) is 0 Å². The molecule has 1 spiro atoms. The molecule has 1 aromatic rings. The fourth-order valence-electron chi connectivity index (χ4n) is 5.81. The van der Waals surface area contributed by atoms with Gasteiger partial charge in [-0.3, -0.25) is 14.4 Å². The summed E-state index contributed by atoms with van der Waals surface area (Å²) in [5.41, 5.74) is -0.591. The van der Waals surface area contributed by atoms with E-state index in [-0.39, 0.29) is 25.0 Å². The summed E-state index contributed by atoms with van der Waals surface area (Å²) in [6, 6.07) is 5.15. The van der Waals surface area contributed by atoms with Gasteiger partial charge in [0.15, 0.2) is 0 Å². The molecule has 0 radical (unpaired) electrons. The lowest BCUT2D eigenvalue weighted by atomic mass is 9.70. The fraction of sp³-hybridized carbons (Fsp3) is 0.625. The van der Waals surface area contributed by atoms with Crippen molar-refractivity contribution in [2.45, 2.75) is 63.8 Å². The van der Waals surface area contributed by atoms with E-state index in [0.717, 1.165) is 0 Å². The molecule has 0 unspecified atom stereocenters. The monoisotopic (exact) mass is 478 g/mol. The number of carbonyl (C=O) groups is 3. The molecule has 3 fully saturated rings. The molecular weight excluding hydrogens is 448 g/mol. The highest BCUT2D eigenvalue weighted by Crippen LogP contribution is 2.59. The van der Waals surface area contributed by atoms with E-state index < -0.39 is 47.5 Å². The van der Waals surface area contributed by atoms with Gasteiger partial charge in [-0.2, -0.15) is 0 Å². The third-order valence-corrected chi connectivity index (χ3v) is 7.75. The highest BCUT2D eigenvalue weighted by atomic mass is 35.5. The Hall–Kier alpha value is -2.16. The van der Waals surface area contributed by atoms with Gasteiger partial charge in [-0.1, -0.05) is 31.9 Å². The lowest BCUT2D eigenvalue weighted by Gasteiger charge is -2.38. The Morgan fingerprint density at radius 1 is 1.33 bits per heavy atom. The van der Waals surface area contributed by atoms with Crippen LogP contribution in [0.15, 0.2) is 24.3 Å². The third-order valence-electron chi connectivity index (χ3n) is 7.50. The van der Waals surface area contributed by atoms with E-state index in [1.54, 1.807) is 31.2 Å². The first-order valence-corrected chi connectivity index (χ1v) is 12.0. The maximum absolute atomic E-state index is 13.9. The molecule has 2 amide bonds. The summed E-state index contributed by atoms with van der Waals surface area (Å²) in [5, 5.41) is 13.7. The lowest BCUT2D eigenvalue weighted by Crippen LogP contribution is -2.57. The Bertz CT molecular complexity index is 924. The number of benzene rings is 1. The molecule has 0 aromatic heterocycles. The number of hydrogen-bond donors (Lipinski definition) is 2. The lowest BCUT2D eigenvalue weighted by molar-refractivity contribution is -0.155. The van der Waals surface area contributed by atoms with Gasteiger partial charge in [-0.15, -0.1) is 0 Å². The number of esters is 1. The first-order valence-electron chi connectivity index (χ1n) is 11.6. The fourth-order valence-corrected chi connectivity index (χ4v) is 5.94. The largest absolute Gasteiger partial charge is 0.466 e. The average Bonchev–Trinajstić information content (AvgIpc) is 3.43. The number of nitrogens with zero attached hydrogens (tertiary/aromatic N) is 1. The van der Waals surface area contributed by atoms with Crippen molar-refractivity contribution >= 4 is 35.1 Å². The molecule has 8 nitrogen and oxygen atoms in total. The molecular formula is C24H31ClN2O6. The molecule has 180 valence electrons. The molecule has 3 saturated heterocycles. The average molecular weight is 479 g/mol. The number of nitrogens with one attached hydrogen (secondary N) is 1. The number of fused-ring (bicyclic) bond motifs is 1. The zero-order valence-electron chi connectivity index (χ0n) is 19.1. The number of amides is 2. The van der Waals surface area contributed by atoms with Crippen LogP contribution in [0.25, 0.3) is 0 Å². The molecule has 0 aliphatic carbocycles. The minimum atomic E-state index is -1.13. The summed E-state index contributed by atoms with van der Waals surface area (Å²) in [7, 11) is 0. The number of aliphatic hydroxyl groups excluding tert-OH is 1. The van der Waals surface area contributed by atoms with Crippen molar-refractivity contribution in [3.63, 3.8) is 0 Å². The second kappa shape index (κ2) is 9.24. The van der Waals surface area contributed by atoms with Crippen molar-refractivity contribution in [2.75, 3.05) is 18.5 Å². The van der Waals surface area contributed by atoms with Gasteiger partial charge in [0.1, 0.15) is 11.6 Å². The van der Waals surface area contributed by atoms with Gasteiger partial charge in [-0.05, 0) is 49.9 Å². The van der Waals surface area contributed by atoms with Crippen molar-refractivity contribution in [2.24, 2.45) is 17.8 Å². The number of likely N-dealkylation sites (tertiary alicyclic amines) is 1. The maximum Gasteiger partial charge on any atom is 0.312 e. The molecule has 9 heteroatoms. The molecule has 4 rings (SSSR count). The van der Waals surface area contributed by atoms with Crippen LogP contribution < -0.4 is 5.32 Å². The number of rotatable bonds is 8. The van der Waals surface area contributed by atoms with Crippen molar-refractivity contribution in [1.82, 2.24) is 4.90 Å². The standard InChI is InChI=1S/C24H31ClN2O6/c1-4-13(3)16(12-28)27-20(21(29)26-15-8-6-14(25)7-9-15)24-11-10-17(33-24)18(19(24)22(27)30)23(31)32-5-2/h6-9,13,16-20,28H,4-5,10-12H2,1-3H3,(H,26,29)/t13-,16-,17-,18+,19+,20-,24+/m0/s1. The van der Waals surface area contributed by atoms with Gasteiger partial charge in [0.05, 0.1) is 37.2 Å². The van der Waals surface area contributed by atoms with Crippen molar-refractivity contribution in [3.05, 3.63) is 29.3 Å². The summed E-state index contributed by atoms with van der Waals surface area (Å²) in [4.78, 5) is 41.9. The molecule has 2 N–H and O–H groups in total. The number of anilines is 1. The van der Waals surface area contributed by atoms with Gasteiger partial charge in [-0.25, -0.2) is 0 Å². The summed E-state index contributed by atoms with van der Waals surface area (Å²) in [5.74, 6) is -2.82. The van der Waals surface area contributed by atoms with Crippen LogP contribution in [-0.2, 0) is 23.9 Å². The van der Waals surface area contributed by atoms with Crippen LogP contribution >= 0.6 is 11.6 Å². The van der Waals surface area contributed by atoms with E-state index in [1.165, 1.54) is 4.90 Å². The number of ether oxygens (including phenoxy) is 2. The molecule has 3 aliphatic rings. The van der Waals surface area contributed by atoms with Crippen LogP contribution in [0.1, 0.15) is 40.0 Å². The predicted molar refractivity (Wildman–Crippen MR) is 121 cm³/mol. The Morgan fingerprint density at radius 2 is 2.03 bits per heavy atom. The smallest absolute Gasteiger partial charge is 0.312 e. The number of aliphatic hydroxyl groups is 1. The van der Waals surface area contributed by atoms with E-state index in [0.29, 0.717) is 30.0 Å². The van der Waals surface area contributed by atoms with Gasteiger partial charge in [0, 0.05) is 10.7 Å². The molecule has 1 aromatic carbocycles. The first kappa shape index (κ1) is 24.0. The Balaban J connectivity index is 1.75. The molecule has 33 heavy (non-hydrogen) atoms. The summed E-state index contributed by atoms with van der Waals surface area (Å²) in [6.45, 7) is 5.54. The van der Waals surface area contributed by atoms with E-state index in [4.69, 9.17) is 21.1 Å². The van der Waals surface area contributed by atoms with Crippen LogP contribution in [0.3, 0.4) is 0 Å². The van der Waals surface area contributed by atoms with Gasteiger partial charge >= 0.3 is 5.97 Å². The number of hydrogen-bond acceptors (Lipinski definition) is 6. The second-order valence-corrected chi connectivity index (χ2v) is 9.62. The Labute approximate surface area is 198 Å². The van der Waals surface area contributed by atoms with E-state index >= 15 is 0 Å². The maximum atomic E-state index is 13.9. The summed E-state index contributed by atoms with van der Waals surface area (Å²) >= 11 is 5.97. The molecule has 3 aliphatic heterocycles. The zero-order chi connectivity index (χ0) is 23.9. The molecule has 3 heterocycles. The van der Waals surface area contributed by atoms with Crippen LogP contribution in [-0.4, -0.2) is 64.8 Å². The Morgan fingerprint density at radius 3 is 2.64 bits per heavy atom. The number of carbonyl (C=O) groups excluding carboxylic acids is 3. The highest BCUT2D eigenvalue weighted by Gasteiger charge is 2.75. The normalized spacial score (nSPS) is 31.9. The van der Waals surface area contributed by atoms with Crippen molar-refractivity contribution in [1.29, 1.82) is 0 Å². The summed E-state index contributed by atoms with van der Waals surface area (Å²) < 4.78 is 11.6. The summed E-state index contributed by atoms with van der Waals surface area (Å²) in [6.07, 6.45) is 1.31. The first-order chi connectivity index (χ1) is 15.8. The molecule has 7 atom stereocenters. The van der Waals surface area contributed by atoms with Crippen LogP contribution in [0.5, 0.6) is 0 Å². The van der Waals surface area contributed by atoms with Gasteiger partial charge in [0.2, 0.25) is 11.8 Å². The third kappa shape index (κ3) is 3.82. The van der Waals surface area contributed by atoms with E-state index in [2.05, 4.69) is 5.32 Å². The van der Waals surface area contributed by atoms with Crippen LogP contribution in [0.4, 0.5) is 5.69 Å². The quantitative estimate of drug-likeness (QED) is 0.556. The number of halogens is 1. The Kier molecular flexibility index (Phi) is 6.71. The van der Waals surface area contributed by atoms with Crippen LogP contribution in [0, 0.1) is 17.8 Å². The molecule has 0 saturated carbocycles. The predicted octanol–water partition coefficient (Wildman–Crippen LogP) is 2.62. The SMILES string of the molecule is CCOC(=O)[C@@H]1[C@@H]2CC[C@]3(O2)[C@H](C(=O)Nc2ccc(Cl)cc2)N([C@@H](CO)[C@@H](C)CC)C(=O)[C@@H]13. The minimum Gasteiger partial charge on any atom is -0.466 e. The van der Waals surface area contributed by atoms with Gasteiger partial charge < -0.3 is 24.8 Å². The second-order valence-electron chi connectivity index (χ2n) is 9.19. The minimum absolute atomic E-state index is 0.0572. The van der Waals surface area contributed by atoms with Crippen LogP contribution in [0.2, 0.25) is 5.02 Å². The van der Waals surface area contributed by atoms with E-state index in [9.17, 15) is 19.5 Å². The van der Waals surface area contributed by atoms with E-state index in [1.807, 2.05) is 13.8 Å². The van der Waals surface area contributed by atoms with Crippen molar-refractivity contribution < 1.29 is 29.0 Å². The zero-order valence-corrected chi connectivity index (χ0v) is 19.9. The topological polar surface area (TPSA) is 105 Å². The highest BCUT2D eigenvalue weighted by molar-refractivity contribution is 6.30.